The minimum Gasteiger partial charge on any atom is -0.508 e. The molecule has 0 bridgehead atoms. The van der Waals surface area contributed by atoms with E-state index in [2.05, 4.69) is 0 Å². The first kappa shape index (κ1) is 30.6. The Labute approximate surface area is 291 Å². The van der Waals surface area contributed by atoms with Crippen molar-refractivity contribution in [2.45, 2.75) is 35.7 Å². The van der Waals surface area contributed by atoms with Gasteiger partial charge in [0.05, 0.1) is 5.92 Å². The van der Waals surface area contributed by atoms with Crippen molar-refractivity contribution < 1.29 is 45.6 Å². The molecular weight excluding hydrogens is 648 g/mol. The number of hydrogen-bond donors (Lipinski definition) is 8. The quantitative estimate of drug-likeness (QED) is 0.0927. The molecule has 0 radical (unpaired) electrons. The summed E-state index contributed by atoms with van der Waals surface area (Å²) < 4.78 is 6.70. The summed E-state index contributed by atoms with van der Waals surface area (Å²) in [6.45, 7) is 0. The molecule has 6 aromatic carbocycles. The number of benzene rings is 6. The highest BCUT2D eigenvalue weighted by Gasteiger charge is 2.56. The fraction of sp³-hybridized carbons (Fsp3) is 0.143. The van der Waals surface area contributed by atoms with E-state index in [0.29, 0.717) is 28.0 Å². The van der Waals surface area contributed by atoms with Gasteiger partial charge < -0.3 is 45.6 Å². The normalized spacial score (nSPS) is 22.5. The fourth-order valence-corrected chi connectivity index (χ4v) is 9.08. The lowest BCUT2D eigenvalue weighted by atomic mass is 9.69. The van der Waals surface area contributed by atoms with Crippen LogP contribution in [0, 0.1) is 0 Å². The molecule has 9 rings (SSSR count). The Morgan fingerprint density at radius 1 is 0.353 bits per heavy atom. The van der Waals surface area contributed by atoms with E-state index >= 15 is 0 Å². The van der Waals surface area contributed by atoms with Crippen LogP contribution in [-0.4, -0.2) is 40.9 Å². The third-order valence-corrected chi connectivity index (χ3v) is 10.9. The monoisotopic (exact) mass is 680 g/mol. The number of phenolic OH excluding ortho intramolecular Hbond substituents is 8. The summed E-state index contributed by atoms with van der Waals surface area (Å²) in [6.07, 6.45) is -0.693. The minimum absolute atomic E-state index is 0.0537. The molecule has 1 heterocycles. The number of aromatic hydroxyl groups is 8. The number of ether oxygens (including phenoxy) is 1. The molecule has 3 aliphatic rings. The summed E-state index contributed by atoms with van der Waals surface area (Å²) in [6, 6.07) is 29.1. The van der Waals surface area contributed by atoms with Crippen molar-refractivity contribution in [2.75, 3.05) is 0 Å². The van der Waals surface area contributed by atoms with Crippen LogP contribution in [0.5, 0.6) is 51.7 Å². The molecule has 9 heteroatoms. The van der Waals surface area contributed by atoms with E-state index < -0.39 is 35.7 Å². The van der Waals surface area contributed by atoms with Crippen molar-refractivity contribution in [3.8, 4) is 51.7 Å². The summed E-state index contributed by atoms with van der Waals surface area (Å²) in [5.74, 6) is -3.02. The molecule has 0 spiro atoms. The Kier molecular flexibility index (Phi) is 6.60. The average Bonchev–Trinajstić information content (AvgIpc) is 3.60. The Bertz CT molecular complexity index is 2330. The van der Waals surface area contributed by atoms with Crippen LogP contribution >= 0.6 is 0 Å². The third-order valence-electron chi connectivity index (χ3n) is 10.9. The molecule has 0 unspecified atom stereocenters. The van der Waals surface area contributed by atoms with E-state index in [-0.39, 0.29) is 46.0 Å². The van der Waals surface area contributed by atoms with Crippen molar-refractivity contribution in [3.05, 3.63) is 159 Å². The van der Waals surface area contributed by atoms with Gasteiger partial charge in [-0.15, -0.1) is 0 Å². The molecule has 51 heavy (non-hydrogen) atoms. The van der Waals surface area contributed by atoms with Gasteiger partial charge in [-0.05, 0) is 88.0 Å². The standard InChI is InChI=1S/C42H32O9/c43-23-7-1-19(2-8-23)33-35(22-13-26(46)15-27(47)14-22)38-31(50)18-32-39-37(42(51-32)21-5-11-25(45)12-6-21)29-16-28(48)17-30(49)36(29)34(40(33)41(38)39)20-3-9-24(44)10-4-20/h1-18,33-35,37,40,42-50H/t33-,34+,35-,37-,40-,42+/m0/s1. The molecule has 9 nitrogen and oxygen atoms in total. The first-order valence-electron chi connectivity index (χ1n) is 16.6. The Hall–Kier alpha value is -6.48. The Morgan fingerprint density at radius 2 is 0.863 bits per heavy atom. The predicted octanol–water partition coefficient (Wildman–Crippen LogP) is 7.76. The van der Waals surface area contributed by atoms with Crippen LogP contribution in [0.25, 0.3) is 0 Å². The number of hydrogen-bond acceptors (Lipinski definition) is 9. The second-order valence-corrected chi connectivity index (χ2v) is 13.7. The van der Waals surface area contributed by atoms with Crippen LogP contribution < -0.4 is 4.74 Å². The lowest BCUT2D eigenvalue weighted by Gasteiger charge is -2.34. The first-order chi connectivity index (χ1) is 24.6. The van der Waals surface area contributed by atoms with Crippen LogP contribution in [0.3, 0.4) is 0 Å². The molecule has 0 fully saturated rings. The summed E-state index contributed by atoms with van der Waals surface area (Å²) in [5.41, 5.74) is 6.00. The Morgan fingerprint density at radius 3 is 1.47 bits per heavy atom. The van der Waals surface area contributed by atoms with E-state index in [4.69, 9.17) is 4.74 Å². The summed E-state index contributed by atoms with van der Waals surface area (Å²) in [7, 11) is 0. The van der Waals surface area contributed by atoms with Crippen LogP contribution in [0.2, 0.25) is 0 Å². The van der Waals surface area contributed by atoms with E-state index in [1.165, 1.54) is 12.1 Å². The van der Waals surface area contributed by atoms with Gasteiger partial charge in [-0.2, -0.15) is 0 Å². The van der Waals surface area contributed by atoms with Gasteiger partial charge in [0, 0.05) is 58.6 Å². The van der Waals surface area contributed by atoms with Crippen molar-refractivity contribution >= 4 is 0 Å². The summed E-state index contributed by atoms with van der Waals surface area (Å²) in [4.78, 5) is 0. The van der Waals surface area contributed by atoms with Gasteiger partial charge in [-0.1, -0.05) is 36.4 Å². The second kappa shape index (κ2) is 11.0. The van der Waals surface area contributed by atoms with Crippen LogP contribution in [-0.2, 0) is 0 Å². The molecule has 0 aromatic heterocycles. The van der Waals surface area contributed by atoms with Crippen molar-refractivity contribution in [2.24, 2.45) is 0 Å². The van der Waals surface area contributed by atoms with Crippen molar-refractivity contribution in [1.29, 1.82) is 0 Å². The molecule has 0 amide bonds. The highest BCUT2D eigenvalue weighted by molar-refractivity contribution is 5.72. The summed E-state index contributed by atoms with van der Waals surface area (Å²) >= 11 is 0. The van der Waals surface area contributed by atoms with E-state index in [1.54, 1.807) is 84.9 Å². The highest BCUT2D eigenvalue weighted by atomic mass is 16.5. The van der Waals surface area contributed by atoms with Crippen molar-refractivity contribution in [1.82, 2.24) is 0 Å². The zero-order valence-corrected chi connectivity index (χ0v) is 26.8. The molecule has 0 saturated heterocycles. The molecular formula is C42H32O9. The van der Waals surface area contributed by atoms with Gasteiger partial charge >= 0.3 is 0 Å². The lowest BCUT2D eigenvalue weighted by Crippen LogP contribution is -2.20. The molecule has 254 valence electrons. The van der Waals surface area contributed by atoms with Crippen LogP contribution in [0.1, 0.15) is 85.8 Å². The smallest absolute Gasteiger partial charge is 0.135 e. The third kappa shape index (κ3) is 4.61. The first-order valence-corrected chi connectivity index (χ1v) is 16.6. The molecule has 8 N–H and O–H groups in total. The van der Waals surface area contributed by atoms with E-state index in [9.17, 15) is 40.9 Å². The zero-order valence-electron chi connectivity index (χ0n) is 26.8. The fourth-order valence-electron chi connectivity index (χ4n) is 9.08. The number of fused-ring (bicyclic) bond motifs is 2. The van der Waals surface area contributed by atoms with Crippen molar-refractivity contribution in [3.63, 3.8) is 0 Å². The van der Waals surface area contributed by atoms with Gasteiger partial charge in [0.25, 0.3) is 0 Å². The molecule has 2 aliphatic carbocycles. The molecule has 0 saturated carbocycles. The average molecular weight is 681 g/mol. The maximum Gasteiger partial charge on any atom is 0.135 e. The molecule has 1 aliphatic heterocycles. The largest absolute Gasteiger partial charge is 0.508 e. The Balaban J connectivity index is 1.44. The van der Waals surface area contributed by atoms with E-state index in [0.717, 1.165) is 27.8 Å². The van der Waals surface area contributed by atoms with E-state index in [1.807, 2.05) is 12.1 Å². The minimum atomic E-state index is -0.693. The van der Waals surface area contributed by atoms with Gasteiger partial charge in [0.15, 0.2) is 0 Å². The van der Waals surface area contributed by atoms with Crippen LogP contribution in [0.4, 0.5) is 0 Å². The van der Waals surface area contributed by atoms with Gasteiger partial charge in [0.2, 0.25) is 0 Å². The predicted molar refractivity (Wildman–Crippen MR) is 186 cm³/mol. The van der Waals surface area contributed by atoms with Gasteiger partial charge in [0.1, 0.15) is 57.8 Å². The summed E-state index contributed by atoms with van der Waals surface area (Å²) in [5, 5.41) is 87.5. The highest BCUT2D eigenvalue weighted by Crippen LogP contribution is 2.70. The molecule has 6 aromatic rings. The zero-order chi connectivity index (χ0) is 35.3. The van der Waals surface area contributed by atoms with Gasteiger partial charge in [-0.3, -0.25) is 0 Å². The van der Waals surface area contributed by atoms with Crippen LogP contribution in [0.15, 0.2) is 109 Å². The number of phenols is 8. The van der Waals surface area contributed by atoms with Gasteiger partial charge in [-0.25, -0.2) is 0 Å². The maximum absolute atomic E-state index is 12.1. The number of rotatable bonds is 4. The second-order valence-electron chi connectivity index (χ2n) is 13.7. The molecule has 6 atom stereocenters. The topological polar surface area (TPSA) is 171 Å². The lowest BCUT2D eigenvalue weighted by molar-refractivity contribution is 0.221. The SMILES string of the molecule is Oc1ccc([C@@H]2c3c(O)cc(O)cc3[C@H]3c4c(cc(O)c5c4[C@H]2[C@@H](c2ccc(O)cc2)[C@@H]5c2cc(O)cc(O)c2)O[C@@H]3c2ccc(O)cc2)cc1. The maximum atomic E-state index is 12.1.